The predicted octanol–water partition coefficient (Wildman–Crippen LogP) is 2.91. The molecule has 0 aliphatic rings. The Morgan fingerprint density at radius 3 is 2.18 bits per heavy atom. The molecule has 1 aromatic carbocycles. The number of hydrogen-bond donors (Lipinski definition) is 0. The van der Waals surface area contributed by atoms with E-state index in [0.29, 0.717) is 5.56 Å². The first-order valence-corrected chi connectivity index (χ1v) is 5.70. The molecule has 0 N–H and O–H groups in total. The van der Waals surface area contributed by atoms with E-state index in [2.05, 4.69) is 0 Å². The number of hydrogen-bond acceptors (Lipinski definition) is 3. The summed E-state index contributed by atoms with van der Waals surface area (Å²) in [6.45, 7) is 6.89. The summed E-state index contributed by atoms with van der Waals surface area (Å²) in [5.74, 6) is -0.547. The topological polar surface area (TPSA) is 43.4 Å². The Kier molecular flexibility index (Phi) is 4.05. The minimum atomic E-state index is -1.11. The van der Waals surface area contributed by atoms with Crippen molar-refractivity contribution in [3.63, 3.8) is 0 Å². The van der Waals surface area contributed by atoms with Gasteiger partial charge < -0.3 is 4.74 Å². The average Bonchev–Trinajstić information content (AvgIpc) is 2.28. The lowest BCUT2D eigenvalue weighted by molar-refractivity contribution is -0.152. The first-order chi connectivity index (χ1) is 7.86. The first kappa shape index (κ1) is 13.4. The molecule has 0 spiro atoms. The Morgan fingerprint density at radius 1 is 1.18 bits per heavy atom. The van der Waals surface area contributed by atoms with Crippen LogP contribution in [0.25, 0.3) is 0 Å². The van der Waals surface area contributed by atoms with E-state index in [1.807, 2.05) is 19.1 Å². The van der Waals surface area contributed by atoms with Gasteiger partial charge in [-0.05, 0) is 20.8 Å². The van der Waals surface area contributed by atoms with Crippen LogP contribution in [-0.4, -0.2) is 17.4 Å². The van der Waals surface area contributed by atoms with E-state index in [9.17, 15) is 9.59 Å². The molecule has 0 aromatic heterocycles. The normalized spacial score (nSPS) is 11.1. The molecule has 0 fully saturated rings. The van der Waals surface area contributed by atoms with Gasteiger partial charge in [0.05, 0.1) is 0 Å². The lowest BCUT2D eigenvalue weighted by Gasteiger charge is -2.23. The summed E-state index contributed by atoms with van der Waals surface area (Å²) < 4.78 is 5.14. The molecule has 0 aliphatic heterocycles. The van der Waals surface area contributed by atoms with E-state index in [1.165, 1.54) is 0 Å². The zero-order valence-electron chi connectivity index (χ0n) is 10.7. The largest absolute Gasteiger partial charge is 0.451 e. The molecule has 92 valence electrons. The van der Waals surface area contributed by atoms with Crippen LogP contribution in [0, 0.1) is 6.92 Å². The summed E-state index contributed by atoms with van der Waals surface area (Å²) in [4.78, 5) is 23.4. The van der Waals surface area contributed by atoms with Crippen LogP contribution in [0.4, 0.5) is 0 Å². The molecule has 0 saturated carbocycles. The van der Waals surface area contributed by atoms with E-state index >= 15 is 0 Å². The lowest BCUT2D eigenvalue weighted by Crippen LogP contribution is -2.37. The van der Waals surface area contributed by atoms with Crippen LogP contribution in [0.1, 0.15) is 43.1 Å². The molecule has 1 aromatic rings. The van der Waals surface area contributed by atoms with E-state index in [-0.39, 0.29) is 18.2 Å². The molecule has 0 bridgehead atoms. The maximum absolute atomic E-state index is 12.2. The van der Waals surface area contributed by atoms with Gasteiger partial charge in [0.1, 0.15) is 0 Å². The maximum atomic E-state index is 12.2. The van der Waals surface area contributed by atoms with Crippen molar-refractivity contribution in [3.8, 4) is 0 Å². The number of rotatable bonds is 4. The van der Waals surface area contributed by atoms with E-state index in [0.717, 1.165) is 5.56 Å². The summed E-state index contributed by atoms with van der Waals surface area (Å²) in [7, 11) is 0. The number of Topliss-reactive ketones (excluding diaryl/α,β-unsaturated/α-hetero) is 1. The van der Waals surface area contributed by atoms with E-state index < -0.39 is 5.60 Å². The Bertz CT molecular complexity index is 416. The second-order valence-corrected chi connectivity index (χ2v) is 4.53. The zero-order valence-corrected chi connectivity index (χ0v) is 10.7. The molecule has 0 aliphatic carbocycles. The molecule has 0 unspecified atom stereocenters. The number of carbonyl (C=O) groups excluding carboxylic acids is 2. The van der Waals surface area contributed by atoms with Crippen LogP contribution in [0.5, 0.6) is 0 Å². The fourth-order valence-electron chi connectivity index (χ4n) is 1.46. The van der Waals surface area contributed by atoms with Crippen LogP contribution in [0.15, 0.2) is 24.3 Å². The number of carbonyl (C=O) groups is 2. The second-order valence-electron chi connectivity index (χ2n) is 4.53. The second kappa shape index (κ2) is 5.13. The number of ether oxygens (including phenoxy) is 1. The molecule has 3 heteroatoms. The van der Waals surface area contributed by atoms with Gasteiger partial charge in [0.25, 0.3) is 0 Å². The highest BCUT2D eigenvalue weighted by molar-refractivity contribution is 6.02. The fourth-order valence-corrected chi connectivity index (χ4v) is 1.46. The van der Waals surface area contributed by atoms with Crippen molar-refractivity contribution in [2.45, 2.75) is 39.7 Å². The minimum absolute atomic E-state index is 0.181. The maximum Gasteiger partial charge on any atom is 0.306 e. The van der Waals surface area contributed by atoms with Crippen molar-refractivity contribution >= 4 is 11.8 Å². The van der Waals surface area contributed by atoms with Crippen LogP contribution in [0.2, 0.25) is 0 Å². The molecule has 0 atom stereocenters. The Labute approximate surface area is 102 Å². The van der Waals surface area contributed by atoms with Gasteiger partial charge in [0.2, 0.25) is 5.78 Å². The molecule has 0 radical (unpaired) electrons. The number of esters is 1. The van der Waals surface area contributed by atoms with Crippen molar-refractivity contribution in [1.82, 2.24) is 0 Å². The van der Waals surface area contributed by atoms with Crippen molar-refractivity contribution in [2.24, 2.45) is 0 Å². The lowest BCUT2D eigenvalue weighted by atomic mass is 9.96. The minimum Gasteiger partial charge on any atom is -0.451 e. The van der Waals surface area contributed by atoms with Crippen molar-refractivity contribution in [3.05, 3.63) is 35.4 Å². The van der Waals surface area contributed by atoms with Crippen LogP contribution in [-0.2, 0) is 9.53 Å². The third kappa shape index (κ3) is 3.41. The van der Waals surface area contributed by atoms with E-state index in [1.54, 1.807) is 32.9 Å². The van der Waals surface area contributed by atoms with Crippen LogP contribution in [0.3, 0.4) is 0 Å². The van der Waals surface area contributed by atoms with Crippen molar-refractivity contribution in [2.75, 3.05) is 0 Å². The quantitative estimate of drug-likeness (QED) is 0.594. The predicted molar refractivity (Wildman–Crippen MR) is 66.0 cm³/mol. The Hall–Kier alpha value is -1.64. The van der Waals surface area contributed by atoms with Crippen molar-refractivity contribution < 1.29 is 14.3 Å². The molecule has 17 heavy (non-hydrogen) atoms. The van der Waals surface area contributed by atoms with E-state index in [4.69, 9.17) is 4.74 Å². The molecule has 0 saturated heterocycles. The highest BCUT2D eigenvalue weighted by atomic mass is 16.6. The highest BCUT2D eigenvalue weighted by Crippen LogP contribution is 2.18. The number of benzene rings is 1. The van der Waals surface area contributed by atoms with Gasteiger partial charge in [-0.2, -0.15) is 0 Å². The van der Waals surface area contributed by atoms with Gasteiger partial charge in [-0.15, -0.1) is 0 Å². The third-order valence-electron chi connectivity index (χ3n) is 2.52. The van der Waals surface area contributed by atoms with Crippen LogP contribution < -0.4 is 0 Å². The summed E-state index contributed by atoms with van der Waals surface area (Å²) >= 11 is 0. The number of ketones is 1. The van der Waals surface area contributed by atoms with Gasteiger partial charge in [-0.3, -0.25) is 9.59 Å². The third-order valence-corrected chi connectivity index (χ3v) is 2.52. The van der Waals surface area contributed by atoms with Gasteiger partial charge in [-0.25, -0.2) is 0 Å². The van der Waals surface area contributed by atoms with Gasteiger partial charge in [-0.1, -0.05) is 36.8 Å². The summed E-state index contributed by atoms with van der Waals surface area (Å²) in [6, 6.07) is 7.23. The molecular weight excluding hydrogens is 216 g/mol. The smallest absolute Gasteiger partial charge is 0.306 e. The summed E-state index contributed by atoms with van der Waals surface area (Å²) in [5, 5.41) is 0. The molecular formula is C14H18O3. The Balaban J connectivity index is 2.88. The Morgan fingerprint density at radius 2 is 1.71 bits per heavy atom. The molecule has 0 heterocycles. The van der Waals surface area contributed by atoms with Gasteiger partial charge in [0, 0.05) is 12.0 Å². The monoisotopic (exact) mass is 234 g/mol. The molecule has 1 rings (SSSR count). The first-order valence-electron chi connectivity index (χ1n) is 5.70. The van der Waals surface area contributed by atoms with Crippen molar-refractivity contribution in [1.29, 1.82) is 0 Å². The highest BCUT2D eigenvalue weighted by Gasteiger charge is 2.32. The zero-order chi connectivity index (χ0) is 13.1. The van der Waals surface area contributed by atoms with Gasteiger partial charge in [0.15, 0.2) is 5.60 Å². The standard InChI is InChI=1S/C14H18O3/c1-5-12(15)17-14(3,4)13(16)11-8-6-10(2)7-9-11/h6-9H,5H2,1-4H3. The molecule has 0 amide bonds. The summed E-state index contributed by atoms with van der Waals surface area (Å²) in [6.07, 6.45) is 0.268. The van der Waals surface area contributed by atoms with Gasteiger partial charge >= 0.3 is 5.97 Å². The van der Waals surface area contributed by atoms with Crippen LogP contribution >= 0.6 is 0 Å². The fraction of sp³-hybridized carbons (Fsp3) is 0.429. The number of aryl methyl sites for hydroxylation is 1. The average molecular weight is 234 g/mol. The summed E-state index contributed by atoms with van der Waals surface area (Å²) in [5.41, 5.74) is 0.539. The molecule has 3 nitrogen and oxygen atoms in total. The SMILES string of the molecule is CCC(=O)OC(C)(C)C(=O)c1ccc(C)cc1.